The Balaban J connectivity index is 1.87. The van der Waals surface area contributed by atoms with Crippen molar-refractivity contribution >= 4 is 20.9 Å². The van der Waals surface area contributed by atoms with Crippen LogP contribution in [-0.4, -0.2) is 31.2 Å². The highest BCUT2D eigenvalue weighted by Gasteiger charge is 2.38. The van der Waals surface area contributed by atoms with Gasteiger partial charge in [-0.1, -0.05) is 24.3 Å². The molecular formula is C19H20N2O3S. The van der Waals surface area contributed by atoms with E-state index in [2.05, 4.69) is 5.32 Å². The van der Waals surface area contributed by atoms with Gasteiger partial charge in [-0.05, 0) is 48.9 Å². The smallest absolute Gasteiger partial charge is 0.268 e. The van der Waals surface area contributed by atoms with Crippen molar-refractivity contribution in [1.82, 2.24) is 9.29 Å². The molecule has 0 unspecified atom stereocenters. The lowest BCUT2D eigenvalue weighted by molar-refractivity contribution is 0.251. The number of fused-ring (bicyclic) bond motifs is 3. The fourth-order valence-electron chi connectivity index (χ4n) is 3.91. The van der Waals surface area contributed by atoms with Crippen LogP contribution >= 0.6 is 0 Å². The van der Waals surface area contributed by atoms with E-state index in [-0.39, 0.29) is 23.5 Å². The zero-order chi connectivity index (χ0) is 17.6. The molecule has 3 aromatic rings. The van der Waals surface area contributed by atoms with Crippen molar-refractivity contribution in [3.05, 3.63) is 65.9 Å². The number of benzene rings is 2. The second-order valence-corrected chi connectivity index (χ2v) is 8.13. The van der Waals surface area contributed by atoms with Crippen LogP contribution in [0.15, 0.2) is 59.6 Å². The minimum Gasteiger partial charge on any atom is -0.396 e. The zero-order valence-electron chi connectivity index (χ0n) is 13.9. The van der Waals surface area contributed by atoms with E-state index in [1.54, 1.807) is 36.5 Å². The van der Waals surface area contributed by atoms with Gasteiger partial charge in [-0.2, -0.15) is 0 Å². The number of rotatable bonds is 5. The molecule has 0 spiro atoms. The van der Waals surface area contributed by atoms with Crippen LogP contribution in [0.4, 0.5) is 0 Å². The van der Waals surface area contributed by atoms with Crippen molar-refractivity contribution in [2.75, 3.05) is 13.7 Å². The lowest BCUT2D eigenvalue weighted by Gasteiger charge is -2.40. The van der Waals surface area contributed by atoms with Crippen molar-refractivity contribution in [2.45, 2.75) is 23.3 Å². The Kier molecular flexibility index (Phi) is 3.91. The van der Waals surface area contributed by atoms with Gasteiger partial charge in [0.25, 0.3) is 10.0 Å². The molecule has 1 heterocycles. The predicted molar refractivity (Wildman–Crippen MR) is 97.2 cm³/mol. The van der Waals surface area contributed by atoms with E-state index in [0.29, 0.717) is 11.9 Å². The quantitative estimate of drug-likeness (QED) is 0.737. The van der Waals surface area contributed by atoms with E-state index in [1.165, 1.54) is 9.54 Å². The Morgan fingerprint density at radius 2 is 1.88 bits per heavy atom. The summed E-state index contributed by atoms with van der Waals surface area (Å²) in [5.74, 6) is 0.267. The summed E-state index contributed by atoms with van der Waals surface area (Å²) in [6.45, 7) is 0.143. The van der Waals surface area contributed by atoms with Gasteiger partial charge in [0.1, 0.15) is 0 Å². The van der Waals surface area contributed by atoms with Crippen LogP contribution in [0.3, 0.4) is 0 Å². The fourth-order valence-corrected chi connectivity index (χ4v) is 5.28. The van der Waals surface area contributed by atoms with Crippen molar-refractivity contribution in [1.29, 1.82) is 0 Å². The number of nitrogens with zero attached hydrogens (tertiary/aromatic N) is 1. The van der Waals surface area contributed by atoms with Crippen LogP contribution in [0, 0.1) is 0 Å². The van der Waals surface area contributed by atoms with Gasteiger partial charge in [0.05, 0.1) is 10.4 Å². The van der Waals surface area contributed by atoms with Crippen LogP contribution in [-0.2, 0) is 10.0 Å². The summed E-state index contributed by atoms with van der Waals surface area (Å²) < 4.78 is 27.3. The Bertz CT molecular complexity index is 1030. The third-order valence-corrected chi connectivity index (χ3v) is 6.78. The molecule has 0 saturated carbocycles. The molecule has 2 atom stereocenters. The van der Waals surface area contributed by atoms with Gasteiger partial charge < -0.3 is 10.4 Å². The molecule has 1 aromatic heterocycles. The van der Waals surface area contributed by atoms with Crippen molar-refractivity contribution < 1.29 is 13.5 Å². The third-order valence-electron chi connectivity index (χ3n) is 5.08. The van der Waals surface area contributed by atoms with Crippen LogP contribution in [0.2, 0.25) is 0 Å². The summed E-state index contributed by atoms with van der Waals surface area (Å²) in [7, 11) is -1.72. The van der Waals surface area contributed by atoms with Gasteiger partial charge in [0.15, 0.2) is 0 Å². The van der Waals surface area contributed by atoms with Crippen molar-refractivity contribution in [3.63, 3.8) is 0 Å². The maximum absolute atomic E-state index is 13.0. The summed E-state index contributed by atoms with van der Waals surface area (Å²) in [5.41, 5.74) is 3.02. The molecule has 0 amide bonds. The van der Waals surface area contributed by atoms with Gasteiger partial charge in [0, 0.05) is 30.1 Å². The first kappa shape index (κ1) is 16.3. The molecule has 130 valence electrons. The first-order chi connectivity index (χ1) is 12.1. The molecule has 0 fully saturated rings. The second-order valence-electron chi connectivity index (χ2n) is 6.32. The minimum atomic E-state index is -3.62. The third kappa shape index (κ3) is 2.33. The fraction of sp³-hybridized carbons (Fsp3) is 0.263. The lowest BCUT2D eigenvalue weighted by Crippen LogP contribution is -2.34. The average molecular weight is 356 g/mol. The van der Waals surface area contributed by atoms with E-state index >= 15 is 0 Å². The largest absolute Gasteiger partial charge is 0.396 e. The first-order valence-corrected chi connectivity index (χ1v) is 9.76. The Labute approximate surface area is 147 Å². The summed E-state index contributed by atoms with van der Waals surface area (Å²) in [4.78, 5) is 0.276. The molecule has 5 nitrogen and oxygen atoms in total. The van der Waals surface area contributed by atoms with Gasteiger partial charge in [-0.25, -0.2) is 12.4 Å². The Hall–Kier alpha value is -2.15. The highest BCUT2D eigenvalue weighted by molar-refractivity contribution is 7.90. The molecule has 0 radical (unpaired) electrons. The van der Waals surface area contributed by atoms with Gasteiger partial charge in [-0.3, -0.25) is 0 Å². The number of aliphatic hydroxyl groups excluding tert-OH is 1. The summed E-state index contributed by atoms with van der Waals surface area (Å²) in [6, 6.07) is 14.3. The number of likely N-dealkylation sites (N-methyl/N-ethyl adjacent to an activating group) is 1. The van der Waals surface area contributed by atoms with Crippen molar-refractivity contribution in [2.24, 2.45) is 0 Å². The van der Waals surface area contributed by atoms with E-state index < -0.39 is 10.0 Å². The molecule has 6 heteroatoms. The summed E-state index contributed by atoms with van der Waals surface area (Å²) in [5, 5.41) is 13.5. The van der Waals surface area contributed by atoms with Crippen LogP contribution in [0.1, 0.15) is 29.5 Å². The molecule has 4 rings (SSSR count). The monoisotopic (exact) mass is 356 g/mol. The molecule has 0 aliphatic heterocycles. The van der Waals surface area contributed by atoms with Crippen molar-refractivity contribution in [3.8, 4) is 0 Å². The van der Waals surface area contributed by atoms with Gasteiger partial charge in [0.2, 0.25) is 0 Å². The number of hydrogen-bond acceptors (Lipinski definition) is 4. The highest BCUT2D eigenvalue weighted by Crippen LogP contribution is 2.50. The molecule has 25 heavy (non-hydrogen) atoms. The average Bonchev–Trinajstić information content (AvgIpc) is 3.05. The molecule has 1 aliphatic rings. The Morgan fingerprint density at radius 3 is 2.56 bits per heavy atom. The van der Waals surface area contributed by atoms with Gasteiger partial charge in [-0.15, -0.1) is 0 Å². The molecule has 0 bridgehead atoms. The van der Waals surface area contributed by atoms with Gasteiger partial charge >= 0.3 is 0 Å². The Morgan fingerprint density at radius 1 is 1.12 bits per heavy atom. The molecule has 1 aliphatic carbocycles. The van der Waals surface area contributed by atoms with Crippen LogP contribution in [0.25, 0.3) is 10.9 Å². The molecule has 2 aromatic carbocycles. The lowest BCUT2D eigenvalue weighted by atomic mass is 9.70. The highest BCUT2D eigenvalue weighted by atomic mass is 32.2. The topological polar surface area (TPSA) is 71.3 Å². The van der Waals surface area contributed by atoms with Crippen LogP contribution < -0.4 is 5.32 Å². The number of aliphatic hydroxyl groups is 1. The predicted octanol–water partition coefficient (Wildman–Crippen LogP) is 2.62. The summed E-state index contributed by atoms with van der Waals surface area (Å²) >= 11 is 0. The maximum Gasteiger partial charge on any atom is 0.268 e. The molecule has 2 N–H and O–H groups in total. The minimum absolute atomic E-state index is 0.140. The van der Waals surface area contributed by atoms with E-state index in [4.69, 9.17) is 0 Å². The summed E-state index contributed by atoms with van der Waals surface area (Å²) in [6.07, 6.45) is 2.33. The number of hydrogen-bond donors (Lipinski definition) is 2. The van der Waals surface area contributed by atoms with E-state index in [1.807, 2.05) is 25.2 Å². The standard InChI is InChI=1S/C19H20N2O3S/c1-20-19-15(10-12-22)14-7-8-17-16(18(14)19)9-11-21(17)25(23,24)13-5-3-2-4-6-13/h2-9,11,15,19-20,22H,10,12H2,1H3/t15-,19+/m0/s1. The first-order valence-electron chi connectivity index (χ1n) is 8.32. The normalized spacial score (nSPS) is 19.6. The SMILES string of the molecule is CN[C@H]1c2c(ccc3c2ccn3S(=O)(=O)c2ccccc2)[C@@H]1CCO. The number of aromatic nitrogens is 1. The van der Waals surface area contributed by atoms with E-state index in [9.17, 15) is 13.5 Å². The maximum atomic E-state index is 13.0. The zero-order valence-corrected chi connectivity index (χ0v) is 14.7. The van der Waals surface area contributed by atoms with E-state index in [0.717, 1.165) is 10.9 Å². The molecule has 0 saturated heterocycles. The number of nitrogens with one attached hydrogen (secondary N) is 1. The molecular weight excluding hydrogens is 336 g/mol. The van der Waals surface area contributed by atoms with Crippen LogP contribution in [0.5, 0.6) is 0 Å². The second kappa shape index (κ2) is 5.98.